The Morgan fingerprint density at radius 2 is 1.86 bits per heavy atom. The van der Waals surface area contributed by atoms with Crippen molar-refractivity contribution in [3.8, 4) is 0 Å². The Kier molecular flexibility index (Phi) is 4.63. The van der Waals surface area contributed by atoms with Gasteiger partial charge in [0.05, 0.1) is 0 Å². The number of hydrogen-bond acceptors (Lipinski definition) is 2. The summed E-state index contributed by atoms with van der Waals surface area (Å²) < 4.78 is 1.01. The Morgan fingerprint density at radius 3 is 2.29 bits per heavy atom. The van der Waals surface area contributed by atoms with E-state index in [0.717, 1.165) is 9.95 Å². The summed E-state index contributed by atoms with van der Waals surface area (Å²) in [6.45, 7) is 6.40. The number of thiocarbonyl (C=S) groups is 1. The van der Waals surface area contributed by atoms with Crippen molar-refractivity contribution in [3.05, 3.63) is 35.4 Å². The molecule has 0 nitrogen and oxygen atoms in total. The molecule has 0 aliphatic rings. The summed E-state index contributed by atoms with van der Waals surface area (Å²) in [4.78, 5) is 0. The van der Waals surface area contributed by atoms with Gasteiger partial charge in [0.15, 0.2) is 0 Å². The summed E-state index contributed by atoms with van der Waals surface area (Å²) in [6, 6.07) is 8.81. The van der Waals surface area contributed by atoms with Crippen molar-refractivity contribution in [1.29, 1.82) is 0 Å². The molecule has 1 aromatic carbocycles. The number of hydrogen-bond donors (Lipinski definition) is 0. The van der Waals surface area contributed by atoms with Crippen LogP contribution in [0.3, 0.4) is 0 Å². The first-order valence-electron chi connectivity index (χ1n) is 4.82. The Morgan fingerprint density at radius 1 is 1.29 bits per heavy atom. The zero-order chi connectivity index (χ0) is 10.6. The van der Waals surface area contributed by atoms with Crippen LogP contribution in [0.25, 0.3) is 0 Å². The molecular formula is C12H16S2. The van der Waals surface area contributed by atoms with E-state index >= 15 is 0 Å². The summed E-state index contributed by atoms with van der Waals surface area (Å²) in [5, 5.41) is 0. The van der Waals surface area contributed by atoms with E-state index in [-0.39, 0.29) is 0 Å². The second-order valence-corrected chi connectivity index (χ2v) is 5.74. The van der Waals surface area contributed by atoms with E-state index in [9.17, 15) is 0 Å². The highest BCUT2D eigenvalue weighted by Gasteiger charge is 1.99. The van der Waals surface area contributed by atoms with Crippen LogP contribution in [0.1, 0.15) is 37.8 Å². The summed E-state index contributed by atoms with van der Waals surface area (Å²) in [5.74, 6) is 1.61. The van der Waals surface area contributed by atoms with Gasteiger partial charge in [0.1, 0.15) is 0 Å². The maximum Gasteiger partial charge on any atom is 0.0450 e. The van der Waals surface area contributed by atoms with E-state index in [4.69, 9.17) is 12.2 Å². The van der Waals surface area contributed by atoms with Crippen LogP contribution in [0.4, 0.5) is 0 Å². The molecule has 2 heteroatoms. The molecule has 0 N–H and O–H groups in total. The van der Waals surface area contributed by atoms with Gasteiger partial charge in [-0.25, -0.2) is 0 Å². The van der Waals surface area contributed by atoms with Crippen LogP contribution in [0.15, 0.2) is 24.3 Å². The fourth-order valence-corrected chi connectivity index (χ4v) is 1.92. The van der Waals surface area contributed by atoms with Gasteiger partial charge in [0, 0.05) is 9.95 Å². The van der Waals surface area contributed by atoms with Gasteiger partial charge in [-0.15, -0.1) is 11.8 Å². The Labute approximate surface area is 96.1 Å². The molecule has 0 aliphatic carbocycles. The smallest absolute Gasteiger partial charge is 0.0450 e. The molecule has 0 radical (unpaired) electrons. The minimum absolute atomic E-state index is 0.615. The molecule has 0 unspecified atom stereocenters. The van der Waals surface area contributed by atoms with Gasteiger partial charge >= 0.3 is 0 Å². The van der Waals surface area contributed by atoms with Crippen molar-refractivity contribution in [2.45, 2.75) is 32.4 Å². The van der Waals surface area contributed by atoms with E-state index in [1.807, 2.05) is 6.92 Å². The molecule has 76 valence electrons. The van der Waals surface area contributed by atoms with Crippen molar-refractivity contribution in [2.75, 3.05) is 0 Å². The zero-order valence-corrected chi connectivity index (χ0v) is 10.5. The van der Waals surface area contributed by atoms with Crippen molar-refractivity contribution < 1.29 is 0 Å². The summed E-state index contributed by atoms with van der Waals surface area (Å²) >= 11 is 6.76. The molecular weight excluding hydrogens is 208 g/mol. The second kappa shape index (κ2) is 5.52. The first-order chi connectivity index (χ1) is 6.59. The fraction of sp³-hybridized carbons (Fsp3) is 0.417. The summed E-state index contributed by atoms with van der Waals surface area (Å²) in [7, 11) is 0. The van der Waals surface area contributed by atoms with E-state index < -0.39 is 0 Å². The Hall–Kier alpha value is -0.340. The zero-order valence-electron chi connectivity index (χ0n) is 8.91. The van der Waals surface area contributed by atoms with Crippen LogP contribution in [0, 0.1) is 0 Å². The van der Waals surface area contributed by atoms with E-state index in [2.05, 4.69) is 38.1 Å². The van der Waals surface area contributed by atoms with E-state index in [0.29, 0.717) is 5.92 Å². The highest BCUT2D eigenvalue weighted by atomic mass is 32.2. The predicted octanol–water partition coefficient (Wildman–Crippen LogP) is 4.39. The van der Waals surface area contributed by atoms with E-state index in [1.54, 1.807) is 11.8 Å². The van der Waals surface area contributed by atoms with Gasteiger partial charge in [-0.1, -0.05) is 50.3 Å². The molecule has 0 bridgehead atoms. The molecule has 0 spiro atoms. The SMILES string of the molecule is CC(=S)SCc1ccc(C(C)C)cc1. The van der Waals surface area contributed by atoms with Crippen molar-refractivity contribution in [3.63, 3.8) is 0 Å². The second-order valence-electron chi connectivity index (χ2n) is 3.68. The Bertz CT molecular complexity index is 299. The minimum atomic E-state index is 0.615. The summed E-state index contributed by atoms with van der Waals surface area (Å²) in [6.07, 6.45) is 0. The van der Waals surface area contributed by atoms with Gasteiger partial charge in [-0.2, -0.15) is 0 Å². The highest BCUT2D eigenvalue weighted by Crippen LogP contribution is 2.18. The van der Waals surface area contributed by atoms with Gasteiger partial charge in [-0.3, -0.25) is 0 Å². The lowest BCUT2D eigenvalue weighted by atomic mass is 10.0. The van der Waals surface area contributed by atoms with E-state index in [1.165, 1.54) is 11.1 Å². The largest absolute Gasteiger partial charge is 0.114 e. The molecule has 1 rings (SSSR count). The number of benzene rings is 1. The van der Waals surface area contributed by atoms with Gasteiger partial charge in [-0.05, 0) is 24.0 Å². The fourth-order valence-electron chi connectivity index (χ4n) is 1.18. The molecule has 0 fully saturated rings. The average molecular weight is 224 g/mol. The van der Waals surface area contributed by atoms with Crippen LogP contribution >= 0.6 is 24.0 Å². The molecule has 0 saturated carbocycles. The van der Waals surface area contributed by atoms with Crippen molar-refractivity contribution in [2.24, 2.45) is 0 Å². The monoisotopic (exact) mass is 224 g/mol. The van der Waals surface area contributed by atoms with Gasteiger partial charge in [0.25, 0.3) is 0 Å². The average Bonchev–Trinajstić information content (AvgIpc) is 2.15. The van der Waals surface area contributed by atoms with Crippen LogP contribution in [-0.4, -0.2) is 4.20 Å². The molecule has 0 atom stereocenters. The maximum atomic E-state index is 5.02. The van der Waals surface area contributed by atoms with Gasteiger partial charge in [0.2, 0.25) is 0 Å². The number of thioether (sulfide) groups is 1. The van der Waals surface area contributed by atoms with Crippen molar-refractivity contribution in [1.82, 2.24) is 0 Å². The molecule has 0 amide bonds. The topological polar surface area (TPSA) is 0 Å². The lowest BCUT2D eigenvalue weighted by Gasteiger charge is -2.06. The molecule has 0 aliphatic heterocycles. The molecule has 0 saturated heterocycles. The van der Waals surface area contributed by atoms with Crippen LogP contribution in [0.5, 0.6) is 0 Å². The third-order valence-corrected chi connectivity index (χ3v) is 3.33. The highest BCUT2D eigenvalue weighted by molar-refractivity contribution is 8.22. The molecule has 0 aromatic heterocycles. The molecule has 0 heterocycles. The first kappa shape index (κ1) is 11.7. The Balaban J connectivity index is 2.59. The van der Waals surface area contributed by atoms with Crippen molar-refractivity contribution >= 4 is 28.2 Å². The predicted molar refractivity (Wildman–Crippen MR) is 70.1 cm³/mol. The van der Waals surface area contributed by atoms with Gasteiger partial charge < -0.3 is 0 Å². The minimum Gasteiger partial charge on any atom is -0.114 e. The lowest BCUT2D eigenvalue weighted by molar-refractivity contribution is 0.866. The maximum absolute atomic E-state index is 5.02. The normalized spacial score (nSPS) is 10.6. The molecule has 14 heavy (non-hydrogen) atoms. The number of rotatable bonds is 3. The van der Waals surface area contributed by atoms with Crippen LogP contribution in [-0.2, 0) is 5.75 Å². The quantitative estimate of drug-likeness (QED) is 0.698. The summed E-state index contributed by atoms with van der Waals surface area (Å²) in [5.41, 5.74) is 2.75. The molecule has 1 aromatic rings. The van der Waals surface area contributed by atoms with Crippen LogP contribution in [0.2, 0.25) is 0 Å². The van der Waals surface area contributed by atoms with Crippen LogP contribution < -0.4 is 0 Å². The third-order valence-electron chi connectivity index (χ3n) is 2.09. The third kappa shape index (κ3) is 3.81. The first-order valence-corrected chi connectivity index (χ1v) is 6.21. The standard InChI is InChI=1S/C12H16S2/c1-9(2)12-6-4-11(5-7-12)8-14-10(3)13/h4-7,9H,8H2,1-3H3. The lowest BCUT2D eigenvalue weighted by Crippen LogP contribution is -1.88.